The number of carboxylic acid groups (broad SMARTS) is 1. The molecule has 0 amide bonds. The molecule has 1 aliphatic heterocycles. The molecule has 1 fully saturated rings. The van der Waals surface area contributed by atoms with Crippen molar-refractivity contribution < 1.29 is 14.6 Å². The first-order chi connectivity index (χ1) is 18.8. The monoisotopic (exact) mass is 528 g/mol. The summed E-state index contributed by atoms with van der Waals surface area (Å²) in [5.74, 6) is 0.227. The van der Waals surface area contributed by atoms with Gasteiger partial charge in [0.25, 0.3) is 0 Å². The molecule has 3 aromatic rings. The molecule has 1 saturated heterocycles. The highest BCUT2D eigenvalue weighted by Crippen LogP contribution is 2.36. The van der Waals surface area contributed by atoms with E-state index in [1.54, 1.807) is 0 Å². The smallest absolute Gasteiger partial charge is 0.303 e. The summed E-state index contributed by atoms with van der Waals surface area (Å²) in [4.78, 5) is 13.3. The average molecular weight is 529 g/mol. The Morgan fingerprint density at radius 2 is 1.54 bits per heavy atom. The van der Waals surface area contributed by atoms with Gasteiger partial charge in [-0.1, -0.05) is 54.6 Å². The Hall–Kier alpha value is -3.15. The van der Waals surface area contributed by atoms with E-state index >= 15 is 0 Å². The summed E-state index contributed by atoms with van der Waals surface area (Å²) in [6.07, 6.45) is 4.49. The minimum absolute atomic E-state index is 0.202. The topological polar surface area (TPSA) is 61.8 Å². The number of nitrogens with zero attached hydrogens (tertiary/aromatic N) is 1. The molecule has 2 N–H and O–H groups in total. The Labute approximate surface area is 234 Å². The van der Waals surface area contributed by atoms with Crippen molar-refractivity contribution in [2.75, 3.05) is 19.7 Å². The van der Waals surface area contributed by atoms with Gasteiger partial charge in [-0.25, -0.2) is 0 Å². The Morgan fingerprint density at radius 1 is 0.897 bits per heavy atom. The summed E-state index contributed by atoms with van der Waals surface area (Å²) >= 11 is 0. The van der Waals surface area contributed by atoms with Crippen LogP contribution >= 0.6 is 0 Å². The van der Waals surface area contributed by atoms with Crippen LogP contribution in [0.25, 0.3) is 22.3 Å². The zero-order valence-electron chi connectivity index (χ0n) is 24.0. The fourth-order valence-electron chi connectivity index (χ4n) is 5.82. The van der Waals surface area contributed by atoms with Crippen LogP contribution in [0, 0.1) is 13.8 Å². The Balaban J connectivity index is 1.40. The molecular weight excluding hydrogens is 484 g/mol. The van der Waals surface area contributed by atoms with Gasteiger partial charge in [0.15, 0.2) is 0 Å². The number of likely N-dealkylation sites (tertiary alicyclic amines) is 1. The third kappa shape index (κ3) is 7.49. The summed E-state index contributed by atoms with van der Waals surface area (Å²) < 4.78 is 6.29. The van der Waals surface area contributed by atoms with Crippen molar-refractivity contribution in [2.24, 2.45) is 0 Å². The first kappa shape index (κ1) is 28.8. The zero-order chi connectivity index (χ0) is 27.8. The van der Waals surface area contributed by atoms with E-state index in [0.717, 1.165) is 31.9 Å². The minimum Gasteiger partial charge on any atom is -0.493 e. The standard InChI is InChI=1S/C34H44N2O3/c1-24-14-15-25(2)36(24)21-8-22-39-33-12-6-11-32(27(33)4)31-10-5-9-30(26(31)3)29-18-16-28(17-19-29)23-35-20-7-13-34(37)38/h5-6,9-12,16-19,24-25,35H,7-8,13-15,20-23H2,1-4H3,(H,37,38)/t24-,25-/m1/s1. The quantitative estimate of drug-likeness (QED) is 0.229. The van der Waals surface area contributed by atoms with Crippen molar-refractivity contribution in [3.63, 3.8) is 0 Å². The van der Waals surface area contributed by atoms with Crippen molar-refractivity contribution in [2.45, 2.75) is 78.4 Å². The van der Waals surface area contributed by atoms with Gasteiger partial charge in [-0.2, -0.15) is 0 Å². The van der Waals surface area contributed by atoms with Crippen LogP contribution in [0.2, 0.25) is 0 Å². The fraction of sp³-hybridized carbons (Fsp3) is 0.441. The lowest BCUT2D eigenvalue weighted by molar-refractivity contribution is -0.137. The molecule has 208 valence electrons. The third-order valence-corrected chi connectivity index (χ3v) is 8.20. The molecule has 4 rings (SSSR count). The maximum atomic E-state index is 10.7. The van der Waals surface area contributed by atoms with Gasteiger partial charge in [-0.15, -0.1) is 0 Å². The molecule has 5 nitrogen and oxygen atoms in total. The van der Waals surface area contributed by atoms with Gasteiger partial charge in [0.05, 0.1) is 6.61 Å². The fourth-order valence-corrected chi connectivity index (χ4v) is 5.82. The molecule has 1 heterocycles. The highest BCUT2D eigenvalue weighted by Gasteiger charge is 2.26. The number of hydrogen-bond acceptors (Lipinski definition) is 4. The van der Waals surface area contributed by atoms with E-state index in [1.807, 2.05) is 0 Å². The van der Waals surface area contributed by atoms with E-state index in [4.69, 9.17) is 9.84 Å². The zero-order valence-corrected chi connectivity index (χ0v) is 24.0. The van der Waals surface area contributed by atoms with E-state index in [1.165, 1.54) is 51.8 Å². The average Bonchev–Trinajstić information content (AvgIpc) is 3.24. The molecule has 0 unspecified atom stereocenters. The molecular formula is C34H44N2O3. The van der Waals surface area contributed by atoms with Gasteiger partial charge in [0.1, 0.15) is 5.75 Å². The number of nitrogens with one attached hydrogen (secondary N) is 1. The predicted octanol–water partition coefficient (Wildman–Crippen LogP) is 7.23. The van der Waals surface area contributed by atoms with Crippen LogP contribution in [0.3, 0.4) is 0 Å². The highest BCUT2D eigenvalue weighted by molar-refractivity contribution is 5.80. The minimum atomic E-state index is -0.745. The van der Waals surface area contributed by atoms with Crippen molar-refractivity contribution in [3.05, 3.63) is 77.4 Å². The predicted molar refractivity (Wildman–Crippen MR) is 160 cm³/mol. The van der Waals surface area contributed by atoms with E-state index in [9.17, 15) is 4.79 Å². The van der Waals surface area contributed by atoms with Gasteiger partial charge in [0.2, 0.25) is 0 Å². The van der Waals surface area contributed by atoms with Gasteiger partial charge < -0.3 is 15.2 Å². The maximum absolute atomic E-state index is 10.7. The molecule has 0 aromatic heterocycles. The van der Waals surface area contributed by atoms with Gasteiger partial charge in [0, 0.05) is 31.6 Å². The number of aliphatic carboxylic acids is 1. The third-order valence-electron chi connectivity index (χ3n) is 8.20. The largest absolute Gasteiger partial charge is 0.493 e. The van der Waals surface area contributed by atoms with Crippen molar-refractivity contribution in [3.8, 4) is 28.0 Å². The molecule has 2 atom stereocenters. The van der Waals surface area contributed by atoms with E-state index in [0.29, 0.717) is 25.0 Å². The van der Waals surface area contributed by atoms with Gasteiger partial charge >= 0.3 is 5.97 Å². The van der Waals surface area contributed by atoms with Crippen molar-refractivity contribution >= 4 is 5.97 Å². The summed E-state index contributed by atoms with van der Waals surface area (Å²) in [5, 5.41) is 12.1. The first-order valence-corrected chi connectivity index (χ1v) is 14.4. The number of carbonyl (C=O) groups is 1. The number of ether oxygens (including phenoxy) is 1. The van der Waals surface area contributed by atoms with Crippen LogP contribution in [-0.2, 0) is 11.3 Å². The lowest BCUT2D eigenvalue weighted by Gasteiger charge is -2.25. The highest BCUT2D eigenvalue weighted by atomic mass is 16.5. The van der Waals surface area contributed by atoms with Crippen LogP contribution in [-0.4, -0.2) is 47.8 Å². The SMILES string of the molecule is Cc1c(OCCCN2[C@H](C)CC[C@H]2C)cccc1-c1cccc(-c2ccc(CNCCCC(=O)O)cc2)c1C. The van der Waals surface area contributed by atoms with Crippen LogP contribution in [0.1, 0.15) is 62.6 Å². The number of benzene rings is 3. The van der Waals surface area contributed by atoms with E-state index in [-0.39, 0.29) is 6.42 Å². The van der Waals surface area contributed by atoms with Crippen LogP contribution in [0.4, 0.5) is 0 Å². The molecule has 1 aliphatic rings. The molecule has 0 radical (unpaired) electrons. The molecule has 39 heavy (non-hydrogen) atoms. The van der Waals surface area contributed by atoms with Crippen molar-refractivity contribution in [1.29, 1.82) is 0 Å². The number of hydrogen-bond donors (Lipinski definition) is 2. The molecule has 0 spiro atoms. The Kier molecular flexibility index (Phi) is 10.2. The molecule has 0 aliphatic carbocycles. The van der Waals surface area contributed by atoms with Crippen LogP contribution in [0.15, 0.2) is 60.7 Å². The molecule has 0 saturated carbocycles. The lowest BCUT2D eigenvalue weighted by atomic mass is 9.90. The second kappa shape index (κ2) is 13.8. The van der Waals surface area contributed by atoms with Crippen molar-refractivity contribution in [1.82, 2.24) is 10.2 Å². The normalized spacial score (nSPS) is 17.4. The lowest BCUT2D eigenvalue weighted by Crippen LogP contribution is -2.34. The van der Waals surface area contributed by atoms with E-state index in [2.05, 4.69) is 98.6 Å². The maximum Gasteiger partial charge on any atom is 0.303 e. The Morgan fingerprint density at radius 3 is 2.23 bits per heavy atom. The molecule has 3 aromatic carbocycles. The van der Waals surface area contributed by atoms with Gasteiger partial charge in [-0.05, 0) is 105 Å². The molecule has 5 heteroatoms. The van der Waals surface area contributed by atoms with Crippen LogP contribution in [0.5, 0.6) is 5.75 Å². The molecule has 0 bridgehead atoms. The second-order valence-electron chi connectivity index (χ2n) is 11.0. The summed E-state index contributed by atoms with van der Waals surface area (Å²) in [7, 11) is 0. The van der Waals surface area contributed by atoms with Crippen LogP contribution < -0.4 is 10.1 Å². The van der Waals surface area contributed by atoms with E-state index < -0.39 is 5.97 Å². The second-order valence-corrected chi connectivity index (χ2v) is 11.0. The first-order valence-electron chi connectivity index (χ1n) is 14.4. The summed E-state index contributed by atoms with van der Waals surface area (Å²) in [6.45, 7) is 12.3. The summed E-state index contributed by atoms with van der Waals surface area (Å²) in [6, 6.07) is 22.9. The summed E-state index contributed by atoms with van der Waals surface area (Å²) in [5.41, 5.74) is 8.51. The Bertz CT molecular complexity index is 1230. The van der Waals surface area contributed by atoms with Gasteiger partial charge in [-0.3, -0.25) is 9.69 Å². The number of carboxylic acids is 1. The number of rotatable bonds is 13.